The topological polar surface area (TPSA) is 81.8 Å². The van der Waals surface area contributed by atoms with Gasteiger partial charge in [0.05, 0.1) is 0 Å². The van der Waals surface area contributed by atoms with Crippen LogP contribution in [0.3, 0.4) is 0 Å². The lowest BCUT2D eigenvalue weighted by atomic mass is 10.1. The zero-order valence-electron chi connectivity index (χ0n) is 9.07. The van der Waals surface area contributed by atoms with Crippen molar-refractivity contribution < 1.29 is 36.9 Å². The van der Waals surface area contributed by atoms with E-state index < -0.39 is 35.7 Å². The lowest BCUT2D eigenvalue weighted by Crippen LogP contribution is -2.52. The van der Waals surface area contributed by atoms with Crippen LogP contribution >= 0.6 is 0 Å². The highest BCUT2D eigenvalue weighted by Gasteiger charge is 2.65. The summed E-state index contributed by atoms with van der Waals surface area (Å²) in [6.45, 7) is 0. The molecule has 2 rings (SSSR count). The van der Waals surface area contributed by atoms with Crippen LogP contribution in [0.5, 0.6) is 11.5 Å². The molecule has 1 aliphatic heterocycles. The quantitative estimate of drug-likeness (QED) is 0.807. The lowest BCUT2D eigenvalue weighted by Gasteiger charge is -2.32. The van der Waals surface area contributed by atoms with E-state index in [4.69, 9.17) is 10.8 Å². The van der Waals surface area contributed by atoms with Crippen molar-refractivity contribution in [3.63, 3.8) is 0 Å². The third kappa shape index (κ3) is 2.16. The Hall–Kier alpha value is -2.03. The van der Waals surface area contributed by atoms with Gasteiger partial charge in [0, 0.05) is 0 Å². The van der Waals surface area contributed by atoms with Gasteiger partial charge in [0.15, 0.2) is 11.5 Å². The number of hydrogen-bond acceptors (Lipinski definition) is 4. The van der Waals surface area contributed by atoms with Crippen LogP contribution < -0.4 is 15.2 Å². The van der Waals surface area contributed by atoms with Crippen LogP contribution in [-0.4, -0.2) is 23.3 Å². The van der Waals surface area contributed by atoms with Gasteiger partial charge in [-0.1, -0.05) is 6.07 Å². The first-order chi connectivity index (χ1) is 8.64. The number of carboxylic acid groups (broad SMARTS) is 1. The average Bonchev–Trinajstić information content (AvgIpc) is 2.28. The molecule has 104 valence electrons. The van der Waals surface area contributed by atoms with Gasteiger partial charge in [-0.2, -0.15) is 17.6 Å². The zero-order chi connectivity index (χ0) is 14.4. The van der Waals surface area contributed by atoms with Gasteiger partial charge < -0.3 is 20.3 Å². The molecule has 0 amide bonds. The molecule has 0 bridgehead atoms. The second-order valence-electron chi connectivity index (χ2n) is 3.76. The van der Waals surface area contributed by atoms with Gasteiger partial charge in [-0.25, -0.2) is 0 Å². The smallest absolute Gasteiger partial charge is 0.480 e. The molecule has 19 heavy (non-hydrogen) atoms. The first kappa shape index (κ1) is 13.4. The average molecular weight is 281 g/mol. The fourth-order valence-electron chi connectivity index (χ4n) is 1.42. The van der Waals surface area contributed by atoms with Gasteiger partial charge in [0.2, 0.25) is 0 Å². The summed E-state index contributed by atoms with van der Waals surface area (Å²) in [6, 6.07) is 1.28. The number of fused-ring (bicyclic) bond motifs is 1. The molecular formula is C10H7F4NO4. The van der Waals surface area contributed by atoms with Crippen molar-refractivity contribution >= 4 is 5.97 Å². The van der Waals surface area contributed by atoms with Gasteiger partial charge in [-0.3, -0.25) is 4.79 Å². The Labute approximate surface area is 103 Å². The summed E-state index contributed by atoms with van der Waals surface area (Å²) in [6.07, 6.45) is -9.66. The number of nitrogens with two attached hydrogens (primary N) is 1. The van der Waals surface area contributed by atoms with Crippen molar-refractivity contribution in [2.75, 3.05) is 0 Å². The van der Waals surface area contributed by atoms with Crippen LogP contribution in [-0.2, 0) is 4.79 Å². The second kappa shape index (κ2) is 3.98. The molecule has 0 radical (unpaired) electrons. The van der Waals surface area contributed by atoms with Crippen molar-refractivity contribution in [1.82, 2.24) is 0 Å². The van der Waals surface area contributed by atoms with Crippen molar-refractivity contribution in [1.29, 1.82) is 0 Å². The summed E-state index contributed by atoms with van der Waals surface area (Å²) >= 11 is 0. The van der Waals surface area contributed by atoms with Crippen molar-refractivity contribution in [3.8, 4) is 11.5 Å². The fraction of sp³-hybridized carbons (Fsp3) is 0.300. The Morgan fingerprint density at radius 2 is 1.68 bits per heavy atom. The third-order valence-corrected chi connectivity index (χ3v) is 2.41. The van der Waals surface area contributed by atoms with Crippen molar-refractivity contribution in [2.24, 2.45) is 5.73 Å². The summed E-state index contributed by atoms with van der Waals surface area (Å²) in [5, 5.41) is 8.66. The maximum absolute atomic E-state index is 12.9. The zero-order valence-corrected chi connectivity index (χ0v) is 9.07. The van der Waals surface area contributed by atoms with Gasteiger partial charge in [0.25, 0.3) is 0 Å². The molecule has 3 N–H and O–H groups in total. The predicted molar refractivity (Wildman–Crippen MR) is 52.2 cm³/mol. The number of benzene rings is 1. The number of halogens is 4. The molecule has 1 aliphatic rings. The molecule has 9 heteroatoms. The number of ether oxygens (including phenoxy) is 2. The molecule has 0 aromatic heterocycles. The molecule has 1 atom stereocenters. The molecule has 1 unspecified atom stereocenters. The Morgan fingerprint density at radius 1 is 1.16 bits per heavy atom. The van der Waals surface area contributed by atoms with E-state index in [9.17, 15) is 22.4 Å². The Balaban J connectivity index is 2.41. The Morgan fingerprint density at radius 3 is 2.21 bits per heavy atom. The summed E-state index contributed by atoms with van der Waals surface area (Å²) in [4.78, 5) is 10.6. The van der Waals surface area contributed by atoms with Crippen LogP contribution in [0.15, 0.2) is 18.2 Å². The molecule has 5 nitrogen and oxygen atoms in total. The van der Waals surface area contributed by atoms with E-state index in [1.807, 2.05) is 0 Å². The van der Waals surface area contributed by atoms with Crippen LogP contribution in [0.25, 0.3) is 0 Å². The number of carboxylic acids is 1. The summed E-state index contributed by atoms with van der Waals surface area (Å²) in [5.74, 6) is -2.74. The molecule has 1 aromatic carbocycles. The lowest BCUT2D eigenvalue weighted by molar-refractivity contribution is -0.391. The number of hydrogen-bond donors (Lipinski definition) is 2. The first-order valence-electron chi connectivity index (χ1n) is 4.90. The number of carbonyl (C=O) groups is 1. The summed E-state index contributed by atoms with van der Waals surface area (Å²) < 4.78 is 59.2. The van der Waals surface area contributed by atoms with E-state index in [2.05, 4.69) is 9.47 Å². The van der Waals surface area contributed by atoms with E-state index in [0.29, 0.717) is 0 Å². The van der Waals surface area contributed by atoms with Crippen LogP contribution in [0.1, 0.15) is 11.6 Å². The highest BCUT2D eigenvalue weighted by molar-refractivity contribution is 5.75. The maximum Gasteiger partial charge on any atom is 0.507 e. The second-order valence-corrected chi connectivity index (χ2v) is 3.76. The number of alkyl halides is 4. The maximum atomic E-state index is 12.9. The van der Waals surface area contributed by atoms with E-state index in [1.54, 1.807) is 0 Å². The SMILES string of the molecule is NC(C(=O)O)c1ccc2c(c1)OC(F)(F)C(F)(F)O2. The van der Waals surface area contributed by atoms with E-state index in [1.165, 1.54) is 0 Å². The number of rotatable bonds is 2. The molecule has 1 heterocycles. The largest absolute Gasteiger partial charge is 0.507 e. The minimum absolute atomic E-state index is 0.0872. The molecule has 1 aromatic rings. The fourth-order valence-corrected chi connectivity index (χ4v) is 1.42. The van der Waals surface area contributed by atoms with E-state index in [0.717, 1.165) is 18.2 Å². The first-order valence-corrected chi connectivity index (χ1v) is 4.90. The molecule has 0 saturated heterocycles. The van der Waals surface area contributed by atoms with Crippen molar-refractivity contribution in [2.45, 2.75) is 18.3 Å². The highest BCUT2D eigenvalue weighted by Crippen LogP contribution is 2.47. The van der Waals surface area contributed by atoms with Gasteiger partial charge in [0.1, 0.15) is 6.04 Å². The van der Waals surface area contributed by atoms with Gasteiger partial charge in [-0.05, 0) is 17.7 Å². The van der Waals surface area contributed by atoms with Crippen molar-refractivity contribution in [3.05, 3.63) is 23.8 Å². The van der Waals surface area contributed by atoms with E-state index >= 15 is 0 Å². The van der Waals surface area contributed by atoms with Crippen LogP contribution in [0.2, 0.25) is 0 Å². The molecular weight excluding hydrogens is 274 g/mol. The van der Waals surface area contributed by atoms with Crippen LogP contribution in [0.4, 0.5) is 17.6 Å². The summed E-state index contributed by atoms with van der Waals surface area (Å²) in [7, 11) is 0. The minimum Gasteiger partial charge on any atom is -0.480 e. The standard InChI is InChI=1S/C10H7F4NO4/c11-9(12)10(13,14)19-6-3-4(7(15)8(16)17)1-2-5(6)18-9/h1-3,7H,15H2,(H,16,17). The Kier molecular flexibility index (Phi) is 2.81. The normalized spacial score (nSPS) is 20.7. The number of aliphatic carboxylic acids is 1. The third-order valence-electron chi connectivity index (χ3n) is 2.41. The summed E-state index contributed by atoms with van der Waals surface area (Å²) in [5.41, 5.74) is 5.17. The predicted octanol–water partition coefficient (Wildman–Crippen LogP) is 1.73. The monoisotopic (exact) mass is 281 g/mol. The highest BCUT2D eigenvalue weighted by atomic mass is 19.3. The molecule has 0 saturated carbocycles. The van der Waals surface area contributed by atoms with Gasteiger partial charge >= 0.3 is 18.2 Å². The van der Waals surface area contributed by atoms with Gasteiger partial charge in [-0.15, -0.1) is 0 Å². The molecule has 0 fully saturated rings. The van der Waals surface area contributed by atoms with Crippen LogP contribution in [0, 0.1) is 0 Å². The molecule has 0 spiro atoms. The van der Waals surface area contributed by atoms with E-state index in [-0.39, 0.29) is 5.56 Å². The minimum atomic E-state index is -4.86. The Bertz CT molecular complexity index is 534. The molecule has 0 aliphatic carbocycles.